The van der Waals surface area contributed by atoms with Gasteiger partial charge in [0, 0.05) is 49.9 Å². The molecule has 1 aliphatic heterocycles. The second kappa shape index (κ2) is 7.23. The molecule has 0 spiro atoms. The van der Waals surface area contributed by atoms with Gasteiger partial charge in [-0.15, -0.1) is 0 Å². The molecule has 0 aliphatic carbocycles. The number of hydrogen-bond acceptors (Lipinski definition) is 7. The minimum Gasteiger partial charge on any atom is -0.308 e. The first-order chi connectivity index (χ1) is 9.62. The van der Waals surface area contributed by atoms with Crippen LogP contribution in [0.1, 0.15) is 0 Å². The summed E-state index contributed by atoms with van der Waals surface area (Å²) in [6, 6.07) is 2.85. The molecule has 0 unspecified atom stereocenters. The van der Waals surface area contributed by atoms with Crippen molar-refractivity contribution < 1.29 is 8.42 Å². The number of aromatic nitrogens is 1. The van der Waals surface area contributed by atoms with Crippen molar-refractivity contribution in [2.24, 2.45) is 5.84 Å². The third kappa shape index (κ3) is 4.32. The fraction of sp³-hybridized carbons (Fsp3) is 0.545. The van der Waals surface area contributed by atoms with Gasteiger partial charge in [0.1, 0.15) is 5.82 Å². The summed E-state index contributed by atoms with van der Waals surface area (Å²) in [5, 5.41) is 0. The molecule has 0 aromatic carbocycles. The maximum Gasteiger partial charge on any atom is 0.240 e. The van der Waals surface area contributed by atoms with Gasteiger partial charge < -0.3 is 10.3 Å². The molecule has 0 bridgehead atoms. The van der Waals surface area contributed by atoms with E-state index < -0.39 is 10.0 Å². The van der Waals surface area contributed by atoms with Gasteiger partial charge in [0.2, 0.25) is 10.0 Å². The number of sulfonamides is 1. The molecule has 2 heterocycles. The molecule has 1 aromatic rings. The number of thioether (sulfide) groups is 1. The largest absolute Gasteiger partial charge is 0.308 e. The number of nitrogen functional groups attached to an aromatic ring is 1. The molecule has 0 atom stereocenters. The van der Waals surface area contributed by atoms with Crippen LogP contribution in [0, 0.1) is 0 Å². The van der Waals surface area contributed by atoms with Crippen LogP contribution in [0.25, 0.3) is 0 Å². The predicted octanol–water partition coefficient (Wildman–Crippen LogP) is -0.306. The Morgan fingerprint density at radius 3 is 2.85 bits per heavy atom. The lowest BCUT2D eigenvalue weighted by Crippen LogP contribution is -2.39. The van der Waals surface area contributed by atoms with E-state index in [-0.39, 0.29) is 4.90 Å². The fourth-order valence-electron chi connectivity index (χ4n) is 1.90. The van der Waals surface area contributed by atoms with Crippen molar-refractivity contribution in [3.8, 4) is 0 Å². The fourth-order valence-corrected chi connectivity index (χ4v) is 3.92. The summed E-state index contributed by atoms with van der Waals surface area (Å²) in [5.74, 6) is 7.77. The lowest BCUT2D eigenvalue weighted by molar-refractivity contribution is 0.307. The number of hydrazine groups is 1. The van der Waals surface area contributed by atoms with Crippen LogP contribution in [-0.4, -0.2) is 56.0 Å². The van der Waals surface area contributed by atoms with Crippen molar-refractivity contribution in [3.63, 3.8) is 0 Å². The first-order valence-electron chi connectivity index (χ1n) is 6.34. The number of nitrogens with zero attached hydrogens (tertiary/aromatic N) is 2. The number of rotatable bonds is 6. The van der Waals surface area contributed by atoms with Crippen LogP contribution in [-0.2, 0) is 10.0 Å². The number of pyridine rings is 1. The molecule has 1 saturated heterocycles. The highest BCUT2D eigenvalue weighted by molar-refractivity contribution is 7.99. The van der Waals surface area contributed by atoms with Gasteiger partial charge in [0.05, 0.1) is 4.90 Å². The number of nitrogens with one attached hydrogen (secondary N) is 2. The van der Waals surface area contributed by atoms with Crippen LogP contribution >= 0.6 is 11.8 Å². The first-order valence-corrected chi connectivity index (χ1v) is 8.98. The van der Waals surface area contributed by atoms with Gasteiger partial charge in [-0.2, -0.15) is 11.8 Å². The van der Waals surface area contributed by atoms with E-state index in [1.807, 2.05) is 11.8 Å². The lowest BCUT2D eigenvalue weighted by atomic mass is 10.4. The molecule has 9 heteroatoms. The van der Waals surface area contributed by atoms with E-state index in [1.54, 1.807) is 0 Å². The third-order valence-electron chi connectivity index (χ3n) is 3.01. The van der Waals surface area contributed by atoms with Crippen LogP contribution in [0.5, 0.6) is 0 Å². The maximum atomic E-state index is 12.1. The number of anilines is 1. The van der Waals surface area contributed by atoms with Gasteiger partial charge in [-0.05, 0) is 6.07 Å². The Morgan fingerprint density at radius 1 is 1.40 bits per heavy atom. The number of hydrogen-bond donors (Lipinski definition) is 3. The minimum absolute atomic E-state index is 0.162. The van der Waals surface area contributed by atoms with Gasteiger partial charge in [-0.25, -0.2) is 24.0 Å². The maximum absolute atomic E-state index is 12.1. The monoisotopic (exact) mass is 317 g/mol. The molecule has 1 fully saturated rings. The van der Waals surface area contributed by atoms with Crippen molar-refractivity contribution in [2.45, 2.75) is 4.90 Å². The van der Waals surface area contributed by atoms with Crippen LogP contribution in [0.2, 0.25) is 0 Å². The smallest absolute Gasteiger partial charge is 0.240 e. The molecule has 0 amide bonds. The molecule has 112 valence electrons. The summed E-state index contributed by atoms with van der Waals surface area (Å²) in [4.78, 5) is 6.31. The normalized spacial score (nSPS) is 17.1. The van der Waals surface area contributed by atoms with Crippen molar-refractivity contribution in [1.29, 1.82) is 0 Å². The highest BCUT2D eigenvalue weighted by atomic mass is 32.2. The van der Waals surface area contributed by atoms with E-state index >= 15 is 0 Å². The van der Waals surface area contributed by atoms with Crippen molar-refractivity contribution in [2.75, 3.05) is 43.1 Å². The molecule has 1 aromatic heterocycles. The Balaban J connectivity index is 1.89. The van der Waals surface area contributed by atoms with E-state index in [9.17, 15) is 8.42 Å². The summed E-state index contributed by atoms with van der Waals surface area (Å²) in [5.41, 5.74) is 2.33. The minimum atomic E-state index is -3.51. The highest BCUT2D eigenvalue weighted by Gasteiger charge is 2.16. The molecular weight excluding hydrogens is 298 g/mol. The topological polar surface area (TPSA) is 100 Å². The first kappa shape index (κ1) is 15.5. The predicted molar refractivity (Wildman–Crippen MR) is 81.0 cm³/mol. The SMILES string of the molecule is NNc1cc(S(=O)(=O)NCCN2CCSCC2)ccn1. The summed E-state index contributed by atoms with van der Waals surface area (Å²) < 4.78 is 26.8. The third-order valence-corrected chi connectivity index (χ3v) is 5.41. The van der Waals surface area contributed by atoms with Gasteiger partial charge in [-0.1, -0.05) is 0 Å². The quantitative estimate of drug-likeness (QED) is 0.489. The molecule has 2 rings (SSSR count). The molecular formula is C11H19N5O2S2. The zero-order valence-corrected chi connectivity index (χ0v) is 12.7. The summed E-state index contributed by atoms with van der Waals surface area (Å²) in [6.07, 6.45) is 1.41. The van der Waals surface area contributed by atoms with Gasteiger partial charge in [0.25, 0.3) is 0 Å². The van der Waals surface area contributed by atoms with E-state index in [2.05, 4.69) is 20.0 Å². The number of nitrogens with two attached hydrogens (primary N) is 1. The van der Waals surface area contributed by atoms with E-state index in [0.717, 1.165) is 31.1 Å². The Labute approximate surface area is 123 Å². The van der Waals surface area contributed by atoms with E-state index in [4.69, 9.17) is 5.84 Å². The van der Waals surface area contributed by atoms with Crippen LogP contribution in [0.15, 0.2) is 23.2 Å². The molecule has 1 aliphatic rings. The molecule has 0 radical (unpaired) electrons. The van der Waals surface area contributed by atoms with Gasteiger partial charge in [0.15, 0.2) is 0 Å². The Morgan fingerprint density at radius 2 is 2.15 bits per heavy atom. The molecule has 20 heavy (non-hydrogen) atoms. The van der Waals surface area contributed by atoms with Crippen molar-refractivity contribution in [3.05, 3.63) is 18.3 Å². The standard InChI is InChI=1S/C11H19N5O2S2/c12-15-11-9-10(1-2-13-11)20(17,18)14-3-4-16-5-7-19-8-6-16/h1-2,9,14H,3-8,12H2,(H,13,15). The average molecular weight is 317 g/mol. The molecule has 4 N–H and O–H groups in total. The second-order valence-electron chi connectivity index (χ2n) is 4.37. The van der Waals surface area contributed by atoms with E-state index in [1.165, 1.54) is 18.3 Å². The van der Waals surface area contributed by atoms with Gasteiger partial charge >= 0.3 is 0 Å². The molecule has 7 nitrogen and oxygen atoms in total. The Hall–Kier alpha value is -0.870. The Kier molecular flexibility index (Phi) is 5.61. The zero-order valence-electron chi connectivity index (χ0n) is 11.1. The summed E-state index contributed by atoms with van der Waals surface area (Å²) in [7, 11) is -3.51. The van der Waals surface area contributed by atoms with Crippen LogP contribution in [0.3, 0.4) is 0 Å². The van der Waals surface area contributed by atoms with Crippen LogP contribution in [0.4, 0.5) is 5.82 Å². The average Bonchev–Trinajstić information content (AvgIpc) is 2.48. The zero-order chi connectivity index (χ0) is 14.4. The Bertz CT molecular complexity index is 531. The summed E-state index contributed by atoms with van der Waals surface area (Å²) in [6.45, 7) is 3.17. The van der Waals surface area contributed by atoms with E-state index in [0.29, 0.717) is 12.4 Å². The summed E-state index contributed by atoms with van der Waals surface area (Å²) >= 11 is 1.93. The van der Waals surface area contributed by atoms with Crippen LogP contribution < -0.4 is 16.0 Å². The molecule has 0 saturated carbocycles. The van der Waals surface area contributed by atoms with Gasteiger partial charge in [-0.3, -0.25) is 0 Å². The second-order valence-corrected chi connectivity index (χ2v) is 7.36. The lowest BCUT2D eigenvalue weighted by Gasteiger charge is -2.25. The highest BCUT2D eigenvalue weighted by Crippen LogP contribution is 2.12. The van der Waals surface area contributed by atoms with Crippen molar-refractivity contribution in [1.82, 2.24) is 14.6 Å². The van der Waals surface area contributed by atoms with Crippen molar-refractivity contribution >= 4 is 27.6 Å².